The Morgan fingerprint density at radius 3 is 2.86 bits per heavy atom. The van der Waals surface area contributed by atoms with Gasteiger partial charge in [-0.2, -0.15) is 0 Å². The minimum Gasteiger partial charge on any atom is -0.468 e. The fourth-order valence-electron chi connectivity index (χ4n) is 2.44. The van der Waals surface area contributed by atoms with E-state index in [1.165, 1.54) is 7.11 Å². The predicted molar refractivity (Wildman–Crippen MR) is 49.7 cm³/mol. The zero-order valence-corrected chi connectivity index (χ0v) is 8.21. The first-order valence-corrected chi connectivity index (χ1v) is 4.60. The van der Waals surface area contributed by atoms with Gasteiger partial charge in [0.2, 0.25) is 0 Å². The molecule has 2 aliphatic heterocycles. The molecule has 0 amide bonds. The number of fused-ring (bicyclic) bond motifs is 1. The first-order valence-electron chi connectivity index (χ1n) is 4.60. The summed E-state index contributed by atoms with van der Waals surface area (Å²) in [7, 11) is 1.36. The Kier molecular flexibility index (Phi) is 1.96. The van der Waals surface area contributed by atoms with Crippen molar-refractivity contribution in [2.45, 2.75) is 18.4 Å². The predicted octanol–water partition coefficient (Wildman–Crippen LogP) is 0.133. The number of methoxy groups -OCH3 is 1. The molecule has 0 aromatic rings. The summed E-state index contributed by atoms with van der Waals surface area (Å²) in [6.45, 7) is 4.86. The number of ether oxygens (including phenoxy) is 1. The largest absolute Gasteiger partial charge is 0.468 e. The van der Waals surface area contributed by atoms with Crippen molar-refractivity contribution < 1.29 is 14.3 Å². The molecule has 0 radical (unpaired) electrons. The lowest BCUT2D eigenvalue weighted by Gasteiger charge is -2.26. The van der Waals surface area contributed by atoms with Crippen LogP contribution in [-0.2, 0) is 14.3 Å². The van der Waals surface area contributed by atoms with E-state index in [1.54, 1.807) is 0 Å². The van der Waals surface area contributed by atoms with Crippen molar-refractivity contribution in [2.24, 2.45) is 0 Å². The van der Waals surface area contributed by atoms with Crippen LogP contribution in [0.2, 0.25) is 0 Å². The molecule has 0 saturated carbocycles. The lowest BCUT2D eigenvalue weighted by atomic mass is 9.93. The highest BCUT2D eigenvalue weighted by molar-refractivity contribution is 5.95. The van der Waals surface area contributed by atoms with Crippen LogP contribution < -0.4 is 0 Å². The normalized spacial score (nSPS) is 32.1. The molecule has 76 valence electrons. The van der Waals surface area contributed by atoms with Crippen molar-refractivity contribution in [1.82, 2.24) is 4.90 Å². The van der Waals surface area contributed by atoms with Crippen LogP contribution in [-0.4, -0.2) is 42.4 Å². The number of carbonyl (C=O) groups excluding carboxylic acids is 2. The lowest BCUT2D eigenvalue weighted by Crippen LogP contribution is -2.46. The molecule has 4 heteroatoms. The zero-order chi connectivity index (χ0) is 10.3. The molecule has 0 aromatic carbocycles. The van der Waals surface area contributed by atoms with Gasteiger partial charge in [0.1, 0.15) is 11.3 Å². The molecule has 2 saturated heterocycles. The van der Waals surface area contributed by atoms with Gasteiger partial charge in [-0.05, 0) is 6.42 Å². The summed E-state index contributed by atoms with van der Waals surface area (Å²) in [4.78, 5) is 24.8. The van der Waals surface area contributed by atoms with Crippen LogP contribution >= 0.6 is 0 Å². The van der Waals surface area contributed by atoms with E-state index in [9.17, 15) is 9.59 Å². The van der Waals surface area contributed by atoms with Crippen LogP contribution in [0.3, 0.4) is 0 Å². The maximum absolute atomic E-state index is 11.7. The van der Waals surface area contributed by atoms with Crippen molar-refractivity contribution in [1.29, 1.82) is 0 Å². The van der Waals surface area contributed by atoms with Crippen LogP contribution in [0.4, 0.5) is 0 Å². The minimum atomic E-state index is -0.719. The average molecular weight is 195 g/mol. The van der Waals surface area contributed by atoms with Gasteiger partial charge in [-0.3, -0.25) is 14.5 Å². The molecule has 2 aliphatic rings. The first-order chi connectivity index (χ1) is 6.58. The van der Waals surface area contributed by atoms with Gasteiger partial charge in [-0.25, -0.2) is 0 Å². The third-order valence-electron chi connectivity index (χ3n) is 2.98. The molecule has 0 spiro atoms. The van der Waals surface area contributed by atoms with E-state index < -0.39 is 5.54 Å². The molecular formula is C10H13NO3. The van der Waals surface area contributed by atoms with Gasteiger partial charge in [-0.15, -0.1) is 0 Å². The molecule has 2 rings (SSSR count). The molecule has 1 atom stereocenters. The van der Waals surface area contributed by atoms with Crippen molar-refractivity contribution in [3.63, 3.8) is 0 Å². The van der Waals surface area contributed by atoms with Crippen LogP contribution in [0.15, 0.2) is 12.2 Å². The van der Waals surface area contributed by atoms with E-state index in [1.807, 2.05) is 4.90 Å². The van der Waals surface area contributed by atoms with Crippen LogP contribution in [0, 0.1) is 0 Å². The topological polar surface area (TPSA) is 46.6 Å². The molecule has 4 nitrogen and oxygen atoms in total. The minimum absolute atomic E-state index is 0.114. The number of ketones is 1. The fraction of sp³-hybridized carbons (Fsp3) is 0.600. The SMILES string of the molecule is C=C1CN2CC(=O)C[C@@]2(C(=O)OC)C1. The van der Waals surface area contributed by atoms with Crippen molar-refractivity contribution in [3.8, 4) is 0 Å². The van der Waals surface area contributed by atoms with Gasteiger partial charge in [0.25, 0.3) is 0 Å². The summed E-state index contributed by atoms with van der Waals surface area (Å²) in [6, 6.07) is 0. The number of hydrogen-bond acceptors (Lipinski definition) is 4. The molecule has 0 aromatic heterocycles. The average Bonchev–Trinajstić information content (AvgIpc) is 2.55. The van der Waals surface area contributed by atoms with E-state index >= 15 is 0 Å². The van der Waals surface area contributed by atoms with Gasteiger partial charge >= 0.3 is 5.97 Å². The van der Waals surface area contributed by atoms with E-state index in [0.717, 1.165) is 5.57 Å². The molecule has 14 heavy (non-hydrogen) atoms. The third-order valence-corrected chi connectivity index (χ3v) is 2.98. The Hall–Kier alpha value is -1.16. The Labute approximate surface area is 82.5 Å². The monoisotopic (exact) mass is 195 g/mol. The van der Waals surface area contributed by atoms with Crippen LogP contribution in [0.5, 0.6) is 0 Å². The van der Waals surface area contributed by atoms with Crippen molar-refractivity contribution >= 4 is 11.8 Å². The second-order valence-corrected chi connectivity index (χ2v) is 4.02. The Morgan fingerprint density at radius 1 is 1.50 bits per heavy atom. The van der Waals surface area contributed by atoms with Crippen molar-refractivity contribution in [3.05, 3.63) is 12.2 Å². The number of Topliss-reactive ketones (excluding diaryl/α,β-unsaturated/α-hetero) is 1. The lowest BCUT2D eigenvalue weighted by molar-refractivity contribution is -0.152. The molecular weight excluding hydrogens is 182 g/mol. The summed E-state index contributed by atoms with van der Waals surface area (Å²) in [6.07, 6.45) is 0.837. The highest BCUT2D eigenvalue weighted by atomic mass is 16.5. The zero-order valence-electron chi connectivity index (χ0n) is 8.21. The van der Waals surface area contributed by atoms with Crippen molar-refractivity contribution in [2.75, 3.05) is 20.2 Å². The first kappa shape index (κ1) is 9.40. The highest BCUT2D eigenvalue weighted by Gasteiger charge is 2.55. The van der Waals surface area contributed by atoms with Crippen LogP contribution in [0.25, 0.3) is 0 Å². The smallest absolute Gasteiger partial charge is 0.327 e. The summed E-state index contributed by atoms with van der Waals surface area (Å²) >= 11 is 0. The number of nitrogens with zero attached hydrogens (tertiary/aromatic N) is 1. The second-order valence-electron chi connectivity index (χ2n) is 4.02. The number of carbonyl (C=O) groups is 2. The highest BCUT2D eigenvalue weighted by Crippen LogP contribution is 2.40. The van der Waals surface area contributed by atoms with E-state index in [4.69, 9.17) is 4.74 Å². The molecule has 2 fully saturated rings. The van der Waals surface area contributed by atoms with Gasteiger partial charge < -0.3 is 4.74 Å². The van der Waals surface area contributed by atoms with Gasteiger partial charge in [0.15, 0.2) is 0 Å². The number of esters is 1. The second kappa shape index (κ2) is 2.92. The third kappa shape index (κ3) is 1.10. The Bertz CT molecular complexity index is 301. The van der Waals surface area contributed by atoms with Gasteiger partial charge in [0, 0.05) is 13.0 Å². The number of rotatable bonds is 1. The maximum atomic E-state index is 11.7. The molecule has 0 unspecified atom stereocenters. The van der Waals surface area contributed by atoms with E-state index in [-0.39, 0.29) is 18.2 Å². The summed E-state index contributed by atoms with van der Waals surface area (Å²) in [5.74, 6) is -0.190. The van der Waals surface area contributed by atoms with Gasteiger partial charge in [-0.1, -0.05) is 12.2 Å². The molecule has 0 N–H and O–H groups in total. The number of hydrogen-bond donors (Lipinski definition) is 0. The van der Waals surface area contributed by atoms with Gasteiger partial charge in [0.05, 0.1) is 13.7 Å². The molecule has 0 bridgehead atoms. The van der Waals surface area contributed by atoms with E-state index in [0.29, 0.717) is 19.5 Å². The maximum Gasteiger partial charge on any atom is 0.327 e. The molecule has 2 heterocycles. The Balaban J connectivity index is 2.33. The Morgan fingerprint density at radius 2 is 2.21 bits per heavy atom. The molecule has 0 aliphatic carbocycles. The summed E-state index contributed by atoms with van der Waals surface area (Å²) < 4.78 is 4.76. The quantitative estimate of drug-likeness (QED) is 0.441. The van der Waals surface area contributed by atoms with E-state index in [2.05, 4.69) is 6.58 Å². The fourth-order valence-corrected chi connectivity index (χ4v) is 2.44. The summed E-state index contributed by atoms with van der Waals surface area (Å²) in [5.41, 5.74) is 0.283. The van der Waals surface area contributed by atoms with Crippen LogP contribution in [0.1, 0.15) is 12.8 Å². The summed E-state index contributed by atoms with van der Waals surface area (Å²) in [5, 5.41) is 0. The standard InChI is InChI=1S/C10H13NO3/c1-7-3-10(9(13)14-2)4-8(12)6-11(10)5-7/h1,3-6H2,2H3/t10-/m1/s1.